The molecule has 0 radical (unpaired) electrons. The van der Waals surface area contributed by atoms with E-state index in [2.05, 4.69) is 16.3 Å². The van der Waals surface area contributed by atoms with Crippen molar-refractivity contribution in [3.05, 3.63) is 29.8 Å². The Hall–Kier alpha value is -2.57. The van der Waals surface area contributed by atoms with Crippen molar-refractivity contribution in [1.29, 1.82) is 0 Å². The molecule has 1 aromatic rings. The first kappa shape index (κ1) is 21.1. The van der Waals surface area contributed by atoms with Crippen LogP contribution in [0.3, 0.4) is 0 Å². The Bertz CT molecular complexity index is 769. The topological polar surface area (TPSA) is 73.0 Å². The van der Waals surface area contributed by atoms with Gasteiger partial charge >= 0.3 is 6.03 Å². The Morgan fingerprint density at radius 3 is 2.38 bits per heavy atom. The van der Waals surface area contributed by atoms with E-state index in [1.54, 1.807) is 11.9 Å². The number of rotatable bonds is 7. The van der Waals surface area contributed by atoms with E-state index in [0.717, 1.165) is 29.2 Å². The van der Waals surface area contributed by atoms with Crippen LogP contribution in [0.2, 0.25) is 0 Å². The van der Waals surface area contributed by atoms with Crippen LogP contribution < -0.4 is 10.2 Å². The second-order valence-corrected chi connectivity index (χ2v) is 8.04. The number of carbonyl (C=O) groups excluding carboxylic acids is 3. The van der Waals surface area contributed by atoms with Crippen LogP contribution >= 0.6 is 0 Å². The van der Waals surface area contributed by atoms with Gasteiger partial charge in [-0.2, -0.15) is 0 Å². The van der Waals surface area contributed by atoms with Crippen molar-refractivity contribution in [3.63, 3.8) is 0 Å². The maximum atomic E-state index is 12.8. The van der Waals surface area contributed by atoms with Crippen molar-refractivity contribution in [2.24, 2.45) is 0 Å². The molecule has 0 atom stereocenters. The third-order valence-corrected chi connectivity index (χ3v) is 6.27. The molecule has 0 spiro atoms. The van der Waals surface area contributed by atoms with Crippen LogP contribution in [0.4, 0.5) is 10.5 Å². The van der Waals surface area contributed by atoms with E-state index >= 15 is 0 Å². The number of imide groups is 1. The SMILES string of the molecule is CCC1(CC)NC(=O)N(CC(=O)N(C)Cc2ccccc2N2CCCCC2)C1=O. The minimum absolute atomic E-state index is 0.227. The number of hydrogen-bond donors (Lipinski definition) is 1. The van der Waals surface area contributed by atoms with Gasteiger partial charge in [-0.15, -0.1) is 0 Å². The van der Waals surface area contributed by atoms with Gasteiger partial charge in [-0.25, -0.2) is 4.79 Å². The van der Waals surface area contributed by atoms with E-state index < -0.39 is 11.6 Å². The quantitative estimate of drug-likeness (QED) is 0.715. The second kappa shape index (κ2) is 8.84. The first-order valence-electron chi connectivity index (χ1n) is 10.6. The van der Waals surface area contributed by atoms with E-state index in [9.17, 15) is 14.4 Å². The largest absolute Gasteiger partial charge is 0.371 e. The lowest BCUT2D eigenvalue weighted by molar-refractivity contribution is -0.138. The number of benzene rings is 1. The Morgan fingerprint density at radius 2 is 1.76 bits per heavy atom. The normalized spacial score (nSPS) is 18.7. The molecule has 2 saturated heterocycles. The lowest BCUT2D eigenvalue weighted by Gasteiger charge is -2.31. The number of amides is 4. The molecule has 0 aliphatic carbocycles. The number of likely N-dealkylation sites (N-methyl/N-ethyl adjacent to an activating group) is 1. The molecule has 0 saturated carbocycles. The maximum absolute atomic E-state index is 12.8. The molecule has 2 aliphatic heterocycles. The lowest BCUT2D eigenvalue weighted by atomic mass is 9.93. The Morgan fingerprint density at radius 1 is 1.10 bits per heavy atom. The highest BCUT2D eigenvalue weighted by Gasteiger charge is 2.49. The number of nitrogens with zero attached hydrogens (tertiary/aromatic N) is 3. The predicted molar refractivity (Wildman–Crippen MR) is 113 cm³/mol. The van der Waals surface area contributed by atoms with Crippen LogP contribution in [-0.4, -0.2) is 59.9 Å². The van der Waals surface area contributed by atoms with Crippen molar-refractivity contribution in [1.82, 2.24) is 15.1 Å². The summed E-state index contributed by atoms with van der Waals surface area (Å²) in [4.78, 5) is 42.9. The van der Waals surface area contributed by atoms with E-state index in [-0.39, 0.29) is 18.4 Å². The summed E-state index contributed by atoms with van der Waals surface area (Å²) in [6, 6.07) is 7.68. The molecule has 1 aromatic carbocycles. The maximum Gasteiger partial charge on any atom is 0.325 e. The van der Waals surface area contributed by atoms with Gasteiger partial charge in [0.1, 0.15) is 12.1 Å². The van der Waals surface area contributed by atoms with Gasteiger partial charge in [0.25, 0.3) is 5.91 Å². The van der Waals surface area contributed by atoms with Crippen LogP contribution in [0.15, 0.2) is 24.3 Å². The third kappa shape index (κ3) is 4.23. The molecule has 0 bridgehead atoms. The zero-order valence-electron chi connectivity index (χ0n) is 17.7. The number of hydrogen-bond acceptors (Lipinski definition) is 4. The minimum atomic E-state index is -0.878. The van der Waals surface area contributed by atoms with Crippen molar-refractivity contribution < 1.29 is 14.4 Å². The molecule has 7 nitrogen and oxygen atoms in total. The lowest BCUT2D eigenvalue weighted by Crippen LogP contribution is -2.46. The van der Waals surface area contributed by atoms with E-state index in [4.69, 9.17) is 0 Å². The number of anilines is 1. The average Bonchev–Trinajstić information content (AvgIpc) is 2.99. The van der Waals surface area contributed by atoms with Crippen LogP contribution in [0.5, 0.6) is 0 Å². The molecule has 0 aromatic heterocycles. The fraction of sp³-hybridized carbons (Fsp3) is 0.591. The molecule has 3 rings (SSSR count). The monoisotopic (exact) mass is 400 g/mol. The second-order valence-electron chi connectivity index (χ2n) is 8.04. The summed E-state index contributed by atoms with van der Waals surface area (Å²) in [6.45, 7) is 6.03. The van der Waals surface area contributed by atoms with Crippen LogP contribution in [0.25, 0.3) is 0 Å². The molecule has 158 valence electrons. The van der Waals surface area contributed by atoms with E-state index in [1.165, 1.54) is 19.3 Å². The van der Waals surface area contributed by atoms with Crippen molar-refractivity contribution >= 4 is 23.5 Å². The molecule has 2 fully saturated rings. The van der Waals surface area contributed by atoms with Gasteiger partial charge in [-0.05, 0) is 43.7 Å². The Labute approximate surface area is 173 Å². The fourth-order valence-electron chi connectivity index (χ4n) is 4.24. The number of para-hydroxylation sites is 1. The molecule has 2 heterocycles. The third-order valence-electron chi connectivity index (χ3n) is 6.27. The van der Waals surface area contributed by atoms with Gasteiger partial charge in [0.15, 0.2) is 0 Å². The number of urea groups is 1. The molecule has 7 heteroatoms. The van der Waals surface area contributed by atoms with E-state index in [1.807, 2.05) is 32.0 Å². The summed E-state index contributed by atoms with van der Waals surface area (Å²) in [5.41, 5.74) is 1.37. The van der Waals surface area contributed by atoms with Gasteiger partial charge in [-0.1, -0.05) is 32.0 Å². The van der Waals surface area contributed by atoms with Crippen LogP contribution in [0, 0.1) is 0 Å². The van der Waals surface area contributed by atoms with Gasteiger partial charge < -0.3 is 15.1 Å². The molecule has 4 amide bonds. The minimum Gasteiger partial charge on any atom is -0.371 e. The zero-order valence-corrected chi connectivity index (χ0v) is 17.7. The molecular weight excluding hydrogens is 368 g/mol. The van der Waals surface area contributed by atoms with Gasteiger partial charge in [0, 0.05) is 32.4 Å². The van der Waals surface area contributed by atoms with Gasteiger partial charge in [0.05, 0.1) is 0 Å². The average molecular weight is 401 g/mol. The standard InChI is InChI=1S/C22H32N4O3/c1-4-22(5-2)20(28)26(21(29)23-22)16-19(27)24(3)15-17-11-7-8-12-18(17)25-13-9-6-10-14-25/h7-8,11-12H,4-6,9-10,13-16H2,1-3H3,(H,23,29). The molecular formula is C22H32N4O3. The highest BCUT2D eigenvalue weighted by molar-refractivity contribution is 6.08. The summed E-state index contributed by atoms with van der Waals surface area (Å²) < 4.78 is 0. The zero-order chi connectivity index (χ0) is 21.0. The highest BCUT2D eigenvalue weighted by atomic mass is 16.2. The van der Waals surface area contributed by atoms with Crippen LogP contribution in [0.1, 0.15) is 51.5 Å². The Kier molecular flexibility index (Phi) is 6.45. The van der Waals surface area contributed by atoms with E-state index in [0.29, 0.717) is 19.4 Å². The van der Waals surface area contributed by atoms with Crippen molar-refractivity contribution in [2.45, 2.75) is 58.0 Å². The summed E-state index contributed by atoms with van der Waals surface area (Å²) >= 11 is 0. The first-order valence-corrected chi connectivity index (χ1v) is 10.6. The molecule has 2 aliphatic rings. The number of carbonyl (C=O) groups is 3. The summed E-state index contributed by atoms with van der Waals surface area (Å²) in [7, 11) is 1.72. The summed E-state index contributed by atoms with van der Waals surface area (Å²) in [5.74, 6) is -0.548. The smallest absolute Gasteiger partial charge is 0.325 e. The molecule has 0 unspecified atom stereocenters. The van der Waals surface area contributed by atoms with Crippen molar-refractivity contribution in [3.8, 4) is 0 Å². The highest BCUT2D eigenvalue weighted by Crippen LogP contribution is 2.26. The molecule has 1 N–H and O–H groups in total. The van der Waals surface area contributed by atoms with Crippen molar-refractivity contribution in [2.75, 3.05) is 31.6 Å². The fourth-order valence-corrected chi connectivity index (χ4v) is 4.24. The number of nitrogens with one attached hydrogen (secondary N) is 1. The summed E-state index contributed by atoms with van der Waals surface area (Å²) in [5, 5.41) is 2.77. The molecule has 29 heavy (non-hydrogen) atoms. The number of piperidine rings is 1. The first-order chi connectivity index (χ1) is 13.9. The predicted octanol–water partition coefficient (Wildman–Crippen LogP) is 2.75. The Balaban J connectivity index is 1.67. The van der Waals surface area contributed by atoms with Crippen LogP contribution in [-0.2, 0) is 16.1 Å². The summed E-state index contributed by atoms with van der Waals surface area (Å²) in [6.07, 6.45) is 4.66. The van der Waals surface area contributed by atoms with Gasteiger partial charge in [-0.3, -0.25) is 14.5 Å². The van der Waals surface area contributed by atoms with Gasteiger partial charge in [0.2, 0.25) is 5.91 Å².